The van der Waals surface area contributed by atoms with Gasteiger partial charge in [-0.05, 0) is 68.5 Å². The zero-order valence-corrected chi connectivity index (χ0v) is 21.8. The maximum atomic E-state index is 13.0. The SMILES string of the molecule is Cc1coc2c(C)c3oc(=O)c(CC(=O)NC[C@H](CC(=O)NC4CC4)c4ccc(Cl)cc4)c(C)c3cc12. The molecule has 5 rings (SSSR count). The Morgan fingerprint density at radius 3 is 2.46 bits per heavy atom. The number of fused-ring (bicyclic) bond motifs is 2. The molecule has 0 saturated heterocycles. The van der Waals surface area contributed by atoms with Gasteiger partial charge in [-0.1, -0.05) is 23.7 Å². The van der Waals surface area contributed by atoms with Gasteiger partial charge in [-0.2, -0.15) is 0 Å². The van der Waals surface area contributed by atoms with E-state index in [9.17, 15) is 14.4 Å². The number of amides is 2. The van der Waals surface area contributed by atoms with Crippen LogP contribution >= 0.6 is 11.6 Å². The van der Waals surface area contributed by atoms with E-state index in [1.807, 2.05) is 39.0 Å². The summed E-state index contributed by atoms with van der Waals surface area (Å²) in [7, 11) is 0. The van der Waals surface area contributed by atoms with Gasteiger partial charge in [0.05, 0.1) is 18.2 Å². The largest absolute Gasteiger partial charge is 0.464 e. The molecule has 0 spiro atoms. The van der Waals surface area contributed by atoms with Crippen molar-refractivity contribution >= 4 is 45.4 Å². The summed E-state index contributed by atoms with van der Waals surface area (Å²) in [5.41, 5.74) is 4.31. The van der Waals surface area contributed by atoms with E-state index in [2.05, 4.69) is 10.6 Å². The van der Waals surface area contributed by atoms with Crippen molar-refractivity contribution in [3.8, 4) is 0 Å². The Hall–Kier alpha value is -3.58. The second kappa shape index (κ2) is 10.1. The summed E-state index contributed by atoms with van der Waals surface area (Å²) in [4.78, 5) is 38.4. The summed E-state index contributed by atoms with van der Waals surface area (Å²) in [5.74, 6) is -0.582. The Morgan fingerprint density at radius 1 is 1.03 bits per heavy atom. The molecule has 2 heterocycles. The first-order valence-corrected chi connectivity index (χ1v) is 12.8. The number of furan rings is 1. The Balaban J connectivity index is 1.35. The van der Waals surface area contributed by atoms with Gasteiger partial charge in [-0.25, -0.2) is 4.79 Å². The molecule has 2 aromatic heterocycles. The number of hydrogen-bond acceptors (Lipinski definition) is 5. The van der Waals surface area contributed by atoms with Crippen LogP contribution in [0.2, 0.25) is 5.02 Å². The maximum absolute atomic E-state index is 13.0. The zero-order chi connectivity index (χ0) is 26.3. The smallest absolute Gasteiger partial charge is 0.340 e. The minimum Gasteiger partial charge on any atom is -0.464 e. The molecule has 0 unspecified atom stereocenters. The average Bonchev–Trinajstić information content (AvgIpc) is 3.60. The lowest BCUT2D eigenvalue weighted by Gasteiger charge is -2.18. The molecule has 0 radical (unpaired) electrons. The van der Waals surface area contributed by atoms with Crippen molar-refractivity contribution in [2.45, 2.75) is 58.4 Å². The van der Waals surface area contributed by atoms with Gasteiger partial charge in [0.1, 0.15) is 11.2 Å². The summed E-state index contributed by atoms with van der Waals surface area (Å²) in [5, 5.41) is 8.26. The van der Waals surface area contributed by atoms with Crippen molar-refractivity contribution in [3.63, 3.8) is 0 Å². The third kappa shape index (κ3) is 5.27. The van der Waals surface area contributed by atoms with E-state index >= 15 is 0 Å². The number of aryl methyl sites for hydroxylation is 3. The van der Waals surface area contributed by atoms with Gasteiger partial charge in [0, 0.05) is 46.3 Å². The van der Waals surface area contributed by atoms with Gasteiger partial charge in [-0.15, -0.1) is 0 Å². The first kappa shape index (κ1) is 25.1. The van der Waals surface area contributed by atoms with Crippen molar-refractivity contribution < 1.29 is 18.4 Å². The summed E-state index contributed by atoms with van der Waals surface area (Å²) in [6, 6.07) is 9.49. The predicted molar refractivity (Wildman–Crippen MR) is 143 cm³/mol. The number of halogens is 1. The molecule has 1 atom stereocenters. The summed E-state index contributed by atoms with van der Waals surface area (Å²) in [6.07, 6.45) is 3.82. The van der Waals surface area contributed by atoms with Crippen molar-refractivity contribution in [3.05, 3.63) is 79.9 Å². The van der Waals surface area contributed by atoms with Crippen LogP contribution in [0.3, 0.4) is 0 Å². The Morgan fingerprint density at radius 2 is 1.76 bits per heavy atom. The number of rotatable bonds is 8. The fourth-order valence-electron chi connectivity index (χ4n) is 4.76. The lowest BCUT2D eigenvalue weighted by Crippen LogP contribution is -2.34. The number of carbonyl (C=O) groups is 2. The fraction of sp³-hybridized carbons (Fsp3) is 0.345. The Bertz CT molecular complexity index is 1560. The monoisotopic (exact) mass is 520 g/mol. The molecule has 1 saturated carbocycles. The number of nitrogens with one attached hydrogen (secondary N) is 2. The normalized spacial score (nSPS) is 14.2. The summed E-state index contributed by atoms with van der Waals surface area (Å²) < 4.78 is 11.3. The van der Waals surface area contributed by atoms with Crippen LogP contribution in [0.25, 0.3) is 21.9 Å². The van der Waals surface area contributed by atoms with E-state index in [1.165, 1.54) is 0 Å². The molecular formula is C29H29ClN2O5. The van der Waals surface area contributed by atoms with Crippen molar-refractivity contribution in [2.24, 2.45) is 0 Å². The van der Waals surface area contributed by atoms with Crippen LogP contribution in [0.15, 0.2) is 50.2 Å². The van der Waals surface area contributed by atoms with Gasteiger partial charge in [0.15, 0.2) is 0 Å². The Kier molecular flexibility index (Phi) is 6.82. The lowest BCUT2D eigenvalue weighted by molar-refractivity contribution is -0.123. The first-order chi connectivity index (χ1) is 17.7. The highest BCUT2D eigenvalue weighted by molar-refractivity contribution is 6.30. The molecule has 7 nitrogen and oxygen atoms in total. The van der Waals surface area contributed by atoms with E-state index in [1.54, 1.807) is 18.4 Å². The van der Waals surface area contributed by atoms with Crippen LogP contribution in [-0.4, -0.2) is 24.4 Å². The van der Waals surface area contributed by atoms with Gasteiger partial charge in [0.2, 0.25) is 11.8 Å². The van der Waals surface area contributed by atoms with Gasteiger partial charge < -0.3 is 19.5 Å². The van der Waals surface area contributed by atoms with Gasteiger partial charge in [0.25, 0.3) is 0 Å². The maximum Gasteiger partial charge on any atom is 0.340 e. The molecule has 2 N–H and O–H groups in total. The van der Waals surface area contributed by atoms with Crippen LogP contribution in [0, 0.1) is 20.8 Å². The van der Waals surface area contributed by atoms with Crippen LogP contribution in [0.4, 0.5) is 0 Å². The van der Waals surface area contributed by atoms with E-state index in [0.29, 0.717) is 27.3 Å². The van der Waals surface area contributed by atoms with Gasteiger partial charge >= 0.3 is 5.63 Å². The highest BCUT2D eigenvalue weighted by Gasteiger charge is 2.26. The van der Waals surface area contributed by atoms with Crippen LogP contribution < -0.4 is 16.3 Å². The van der Waals surface area contributed by atoms with Crippen LogP contribution in [-0.2, 0) is 16.0 Å². The summed E-state index contributed by atoms with van der Waals surface area (Å²) >= 11 is 6.04. The minimum atomic E-state index is -0.538. The average molecular weight is 521 g/mol. The second-order valence-electron chi connectivity index (χ2n) is 9.94. The fourth-order valence-corrected chi connectivity index (χ4v) is 4.89. The molecule has 1 fully saturated rings. The number of benzene rings is 2. The van der Waals surface area contributed by atoms with Crippen molar-refractivity contribution in [1.29, 1.82) is 0 Å². The molecule has 0 aliphatic heterocycles. The van der Waals surface area contributed by atoms with E-state index in [-0.39, 0.29) is 43.2 Å². The van der Waals surface area contributed by atoms with Gasteiger partial charge in [-0.3, -0.25) is 9.59 Å². The van der Waals surface area contributed by atoms with Crippen molar-refractivity contribution in [2.75, 3.05) is 6.54 Å². The predicted octanol–water partition coefficient (Wildman–Crippen LogP) is 5.23. The van der Waals surface area contributed by atoms with Crippen LogP contribution in [0.5, 0.6) is 0 Å². The molecule has 4 aromatic rings. The number of hydrogen-bond donors (Lipinski definition) is 2. The third-order valence-electron chi connectivity index (χ3n) is 7.13. The molecule has 192 valence electrons. The Labute approximate surface area is 219 Å². The van der Waals surface area contributed by atoms with E-state index in [4.69, 9.17) is 20.4 Å². The molecule has 1 aliphatic carbocycles. The lowest BCUT2D eigenvalue weighted by atomic mass is 9.95. The van der Waals surface area contributed by atoms with Crippen molar-refractivity contribution in [1.82, 2.24) is 10.6 Å². The molecular weight excluding hydrogens is 492 g/mol. The van der Waals surface area contributed by atoms with Crippen LogP contribution in [0.1, 0.15) is 53.0 Å². The topological polar surface area (TPSA) is 102 Å². The molecule has 0 bridgehead atoms. The zero-order valence-electron chi connectivity index (χ0n) is 21.1. The second-order valence-corrected chi connectivity index (χ2v) is 10.4. The molecule has 1 aliphatic rings. The third-order valence-corrected chi connectivity index (χ3v) is 7.39. The standard InChI is InChI=1S/C29H29ClN2O5/c1-15-14-36-27-17(3)28-23(11-22(15)27)16(2)24(29(35)37-28)12-25(33)31-13-19(10-26(34)32-21-8-9-21)18-4-6-20(30)7-5-18/h4-7,11,14,19,21H,8-10,12-13H2,1-3H3,(H,31,33)(H,32,34)/t19-/m0/s1. The van der Waals surface area contributed by atoms with E-state index in [0.717, 1.165) is 40.3 Å². The van der Waals surface area contributed by atoms with E-state index < -0.39 is 5.63 Å². The molecule has 2 aromatic carbocycles. The number of carbonyl (C=O) groups excluding carboxylic acids is 2. The minimum absolute atomic E-state index is 0.0426. The highest BCUT2D eigenvalue weighted by Crippen LogP contribution is 2.32. The quantitative estimate of drug-likeness (QED) is 0.310. The highest BCUT2D eigenvalue weighted by atomic mass is 35.5. The first-order valence-electron chi connectivity index (χ1n) is 12.5. The molecule has 2 amide bonds. The summed E-state index contributed by atoms with van der Waals surface area (Å²) in [6.45, 7) is 5.91. The molecule has 37 heavy (non-hydrogen) atoms. The molecule has 8 heteroatoms.